The monoisotopic (exact) mass is 122 g/mol. The van der Waals surface area contributed by atoms with Crippen molar-refractivity contribution in [3.05, 3.63) is 12.2 Å². The van der Waals surface area contributed by atoms with Crippen molar-refractivity contribution in [1.82, 2.24) is 0 Å². The van der Waals surface area contributed by atoms with E-state index in [9.17, 15) is 4.79 Å². The van der Waals surface area contributed by atoms with Crippen LogP contribution in [0.15, 0.2) is 12.2 Å². The molecule has 0 aromatic heterocycles. The summed E-state index contributed by atoms with van der Waals surface area (Å²) in [6.45, 7) is 0. The summed E-state index contributed by atoms with van der Waals surface area (Å²) in [4.78, 5) is 11.0. The molecule has 0 aliphatic heterocycles. The van der Waals surface area contributed by atoms with E-state index in [1.807, 2.05) is 0 Å². The van der Waals surface area contributed by atoms with Crippen LogP contribution >= 0.6 is 0 Å². The van der Waals surface area contributed by atoms with E-state index in [2.05, 4.69) is 12.2 Å². The zero-order valence-electron chi connectivity index (χ0n) is 5.34. The molecule has 0 heterocycles. The number of hydrogen-bond acceptors (Lipinski definition) is 1. The Bertz CT molecular complexity index is 169. The number of fused-ring (bicyclic) bond motifs is 2. The minimum Gasteiger partial charge on any atom is -0.299 e. The molecule has 0 radical (unpaired) electrons. The normalized spacial score (nSPS) is 39.8. The third kappa shape index (κ3) is 0.716. The van der Waals surface area contributed by atoms with E-state index in [1.165, 1.54) is 0 Å². The second-order valence-electron chi connectivity index (χ2n) is 3.03. The van der Waals surface area contributed by atoms with Gasteiger partial charge in [0.15, 0.2) is 0 Å². The first-order valence-corrected chi connectivity index (χ1v) is 3.55. The number of ketones is 1. The highest BCUT2D eigenvalue weighted by Gasteiger charge is 2.32. The number of carbonyl (C=O) groups is 1. The first-order chi connectivity index (χ1) is 4.36. The van der Waals surface area contributed by atoms with Crippen LogP contribution in [0, 0.1) is 11.8 Å². The van der Waals surface area contributed by atoms with Crippen LogP contribution in [0.3, 0.4) is 0 Å². The number of carbonyl (C=O) groups excluding carboxylic acids is 1. The quantitative estimate of drug-likeness (QED) is 0.445. The highest BCUT2D eigenvalue weighted by atomic mass is 16.1. The lowest BCUT2D eigenvalue weighted by atomic mass is 9.96. The molecule has 0 unspecified atom stereocenters. The van der Waals surface area contributed by atoms with Crippen LogP contribution in [0.4, 0.5) is 0 Å². The molecule has 2 aliphatic carbocycles. The molecule has 9 heavy (non-hydrogen) atoms. The van der Waals surface area contributed by atoms with E-state index in [4.69, 9.17) is 0 Å². The number of allylic oxidation sites excluding steroid dienone is 2. The largest absolute Gasteiger partial charge is 0.299 e. The lowest BCUT2D eigenvalue weighted by Gasteiger charge is -2.08. The Balaban J connectivity index is 2.26. The van der Waals surface area contributed by atoms with Gasteiger partial charge < -0.3 is 0 Å². The summed E-state index contributed by atoms with van der Waals surface area (Å²) in [5, 5.41) is 0. The Labute approximate surface area is 54.8 Å². The summed E-state index contributed by atoms with van der Waals surface area (Å²) in [6.07, 6.45) is 7.32. The van der Waals surface area contributed by atoms with Crippen LogP contribution in [-0.4, -0.2) is 5.78 Å². The van der Waals surface area contributed by atoms with Crippen molar-refractivity contribution in [2.24, 2.45) is 11.8 Å². The molecule has 0 aromatic rings. The van der Waals surface area contributed by atoms with E-state index in [0.717, 1.165) is 19.3 Å². The summed E-state index contributed by atoms with van der Waals surface area (Å²) in [6, 6.07) is 0. The average molecular weight is 122 g/mol. The topological polar surface area (TPSA) is 17.1 Å². The van der Waals surface area contributed by atoms with E-state index < -0.39 is 0 Å². The van der Waals surface area contributed by atoms with Gasteiger partial charge in [0.05, 0.1) is 0 Å². The predicted molar refractivity (Wildman–Crippen MR) is 35.0 cm³/mol. The van der Waals surface area contributed by atoms with Crippen molar-refractivity contribution in [2.45, 2.75) is 19.3 Å². The molecular weight excluding hydrogens is 112 g/mol. The van der Waals surface area contributed by atoms with E-state index in [-0.39, 0.29) is 0 Å². The molecule has 0 spiro atoms. The number of rotatable bonds is 0. The zero-order valence-corrected chi connectivity index (χ0v) is 5.34. The summed E-state index contributed by atoms with van der Waals surface area (Å²) >= 11 is 0. The maximum Gasteiger partial charge on any atom is 0.136 e. The standard InChI is InChI=1S/C8H10O/c9-8-5-6-2-1-3-7(8)4-6/h1-2,6-7H,3-5H2/t6-,7+/m0/s1. The molecule has 0 N–H and O–H groups in total. The van der Waals surface area contributed by atoms with Gasteiger partial charge in [0.1, 0.15) is 5.78 Å². The van der Waals surface area contributed by atoms with Crippen molar-refractivity contribution >= 4 is 5.78 Å². The molecule has 2 atom stereocenters. The van der Waals surface area contributed by atoms with Gasteiger partial charge in [-0.2, -0.15) is 0 Å². The van der Waals surface area contributed by atoms with Gasteiger partial charge in [-0.3, -0.25) is 4.79 Å². The summed E-state index contributed by atoms with van der Waals surface area (Å²) < 4.78 is 0. The van der Waals surface area contributed by atoms with Crippen LogP contribution in [0.2, 0.25) is 0 Å². The molecule has 0 aromatic carbocycles. The van der Waals surface area contributed by atoms with Crippen LogP contribution < -0.4 is 0 Å². The maximum atomic E-state index is 11.0. The molecule has 48 valence electrons. The lowest BCUT2D eigenvalue weighted by Crippen LogP contribution is -2.04. The molecule has 1 fully saturated rings. The highest BCUT2D eigenvalue weighted by molar-refractivity contribution is 5.84. The molecule has 1 heteroatoms. The Morgan fingerprint density at radius 1 is 1.56 bits per heavy atom. The van der Waals surface area contributed by atoms with Gasteiger partial charge in [-0.05, 0) is 18.8 Å². The molecule has 2 aliphatic rings. The number of hydrogen-bond donors (Lipinski definition) is 0. The second kappa shape index (κ2) is 1.69. The Morgan fingerprint density at radius 3 is 3.11 bits per heavy atom. The maximum absolute atomic E-state index is 11.0. The predicted octanol–water partition coefficient (Wildman–Crippen LogP) is 1.54. The molecular formula is C8H10O. The van der Waals surface area contributed by atoms with Gasteiger partial charge in [-0.25, -0.2) is 0 Å². The van der Waals surface area contributed by atoms with Crippen molar-refractivity contribution in [1.29, 1.82) is 0 Å². The Morgan fingerprint density at radius 2 is 2.44 bits per heavy atom. The summed E-state index contributed by atoms with van der Waals surface area (Å²) in [5.41, 5.74) is 0. The van der Waals surface area contributed by atoms with Gasteiger partial charge in [0.2, 0.25) is 0 Å². The third-order valence-corrected chi connectivity index (χ3v) is 2.33. The van der Waals surface area contributed by atoms with Crippen LogP contribution in [-0.2, 0) is 4.79 Å². The fourth-order valence-electron chi connectivity index (χ4n) is 1.81. The Kier molecular flexibility index (Phi) is 0.981. The average Bonchev–Trinajstić information content (AvgIpc) is 2.09. The summed E-state index contributed by atoms with van der Waals surface area (Å²) in [5.74, 6) is 1.50. The highest BCUT2D eigenvalue weighted by Crippen LogP contribution is 2.34. The van der Waals surface area contributed by atoms with Gasteiger partial charge >= 0.3 is 0 Å². The molecule has 1 saturated carbocycles. The summed E-state index contributed by atoms with van der Waals surface area (Å²) in [7, 11) is 0. The van der Waals surface area contributed by atoms with Gasteiger partial charge in [-0.15, -0.1) is 0 Å². The van der Waals surface area contributed by atoms with E-state index in [0.29, 0.717) is 17.6 Å². The molecule has 2 rings (SSSR count). The van der Waals surface area contributed by atoms with Gasteiger partial charge in [0, 0.05) is 12.3 Å². The molecule has 0 saturated heterocycles. The SMILES string of the molecule is O=C1C[C@H]2C=CC[C@@H]1C2. The molecule has 0 amide bonds. The molecule has 1 nitrogen and oxygen atoms in total. The minimum atomic E-state index is 0.403. The first kappa shape index (κ1) is 5.21. The fraction of sp³-hybridized carbons (Fsp3) is 0.625. The minimum absolute atomic E-state index is 0.403. The van der Waals surface area contributed by atoms with Crippen molar-refractivity contribution in [2.75, 3.05) is 0 Å². The van der Waals surface area contributed by atoms with Crippen molar-refractivity contribution < 1.29 is 4.79 Å². The number of Topliss-reactive ketones (excluding diaryl/α,β-unsaturated/α-hetero) is 1. The van der Waals surface area contributed by atoms with Crippen LogP contribution in [0.25, 0.3) is 0 Å². The second-order valence-corrected chi connectivity index (χ2v) is 3.03. The van der Waals surface area contributed by atoms with Crippen LogP contribution in [0.1, 0.15) is 19.3 Å². The van der Waals surface area contributed by atoms with Gasteiger partial charge in [-0.1, -0.05) is 12.2 Å². The molecule has 2 bridgehead atoms. The third-order valence-electron chi connectivity index (χ3n) is 2.33. The van der Waals surface area contributed by atoms with Crippen molar-refractivity contribution in [3.8, 4) is 0 Å². The fourth-order valence-corrected chi connectivity index (χ4v) is 1.81. The van der Waals surface area contributed by atoms with Crippen molar-refractivity contribution in [3.63, 3.8) is 0 Å². The first-order valence-electron chi connectivity index (χ1n) is 3.55. The Hall–Kier alpha value is -0.590. The van der Waals surface area contributed by atoms with E-state index in [1.54, 1.807) is 0 Å². The van der Waals surface area contributed by atoms with Gasteiger partial charge in [0.25, 0.3) is 0 Å². The lowest BCUT2D eigenvalue weighted by molar-refractivity contribution is -0.120. The smallest absolute Gasteiger partial charge is 0.136 e. The van der Waals surface area contributed by atoms with E-state index >= 15 is 0 Å². The zero-order chi connectivity index (χ0) is 6.27. The van der Waals surface area contributed by atoms with Crippen LogP contribution in [0.5, 0.6) is 0 Å².